The van der Waals surface area contributed by atoms with E-state index in [1.807, 2.05) is 0 Å². The van der Waals surface area contributed by atoms with Crippen molar-refractivity contribution in [3.63, 3.8) is 0 Å². The van der Waals surface area contributed by atoms with Crippen molar-refractivity contribution >= 4 is 11.6 Å². The van der Waals surface area contributed by atoms with Gasteiger partial charge in [-0.15, -0.1) is 0 Å². The van der Waals surface area contributed by atoms with E-state index in [1.54, 1.807) is 12.1 Å². The summed E-state index contributed by atoms with van der Waals surface area (Å²) in [5, 5.41) is 0.475. The Morgan fingerprint density at radius 1 is 1.07 bits per heavy atom. The maximum atomic E-state index is 13.5. The highest BCUT2D eigenvalue weighted by Gasteiger charge is 2.19. The average Bonchev–Trinajstić information content (AvgIpc) is 2.19. The van der Waals surface area contributed by atoms with Crippen molar-refractivity contribution in [1.82, 2.24) is 0 Å². The maximum Gasteiger partial charge on any atom is 0.128 e. The minimum Gasteiger partial charge on any atom is -0.207 e. The van der Waals surface area contributed by atoms with Gasteiger partial charge in [0.05, 0.1) is 0 Å². The van der Waals surface area contributed by atoms with E-state index in [0.717, 1.165) is 18.4 Å². The molecule has 1 aromatic carbocycles. The largest absolute Gasteiger partial charge is 0.207 e. The quantitative estimate of drug-likeness (QED) is 0.647. The van der Waals surface area contributed by atoms with Crippen LogP contribution in [0.5, 0.6) is 0 Å². The van der Waals surface area contributed by atoms with E-state index in [-0.39, 0.29) is 5.82 Å². The van der Waals surface area contributed by atoms with Crippen molar-refractivity contribution in [2.75, 3.05) is 0 Å². The molecule has 0 aromatic heterocycles. The summed E-state index contributed by atoms with van der Waals surface area (Å²) in [4.78, 5) is 0. The molecule has 14 heavy (non-hydrogen) atoms. The first-order valence-electron chi connectivity index (χ1n) is 5.07. The second kappa shape index (κ2) is 4.31. The lowest BCUT2D eigenvalue weighted by atomic mass is 9.84. The summed E-state index contributed by atoms with van der Waals surface area (Å²) in [5.41, 5.74) is 0.772. The second-order valence-corrected chi connectivity index (χ2v) is 4.22. The Labute approximate surface area is 89.1 Å². The van der Waals surface area contributed by atoms with E-state index < -0.39 is 0 Å². The van der Waals surface area contributed by atoms with Gasteiger partial charge in [-0.25, -0.2) is 4.39 Å². The molecular formula is C12H13ClF. The zero-order valence-electron chi connectivity index (χ0n) is 8.02. The molecular weight excluding hydrogens is 199 g/mol. The van der Waals surface area contributed by atoms with Crippen LogP contribution in [0.15, 0.2) is 18.2 Å². The van der Waals surface area contributed by atoms with E-state index in [2.05, 4.69) is 0 Å². The lowest BCUT2D eigenvalue weighted by molar-refractivity contribution is 0.532. The fraction of sp³-hybridized carbons (Fsp3) is 0.417. The van der Waals surface area contributed by atoms with Crippen LogP contribution >= 0.6 is 11.6 Å². The van der Waals surface area contributed by atoms with E-state index in [9.17, 15) is 4.39 Å². The Kier molecular flexibility index (Phi) is 3.07. The fourth-order valence-electron chi connectivity index (χ4n) is 2.02. The van der Waals surface area contributed by atoms with E-state index in [1.165, 1.54) is 31.2 Å². The lowest BCUT2D eigenvalue weighted by Crippen LogP contribution is -2.07. The molecule has 0 nitrogen and oxygen atoms in total. The molecule has 2 heteroatoms. The van der Waals surface area contributed by atoms with Crippen molar-refractivity contribution in [2.45, 2.75) is 32.1 Å². The molecule has 0 amide bonds. The first kappa shape index (κ1) is 9.97. The van der Waals surface area contributed by atoms with Crippen molar-refractivity contribution in [3.8, 4) is 0 Å². The van der Waals surface area contributed by atoms with Gasteiger partial charge in [0.1, 0.15) is 5.82 Å². The molecule has 0 saturated heterocycles. The molecule has 1 aliphatic rings. The third-order valence-electron chi connectivity index (χ3n) is 2.77. The Hall–Kier alpha value is -0.560. The van der Waals surface area contributed by atoms with Crippen LogP contribution in [0.1, 0.15) is 37.7 Å². The molecule has 1 aliphatic carbocycles. The molecule has 0 N–H and O–H groups in total. The first-order chi connectivity index (χ1) is 6.77. The van der Waals surface area contributed by atoms with Crippen LogP contribution in [-0.4, -0.2) is 0 Å². The average molecular weight is 212 g/mol. The van der Waals surface area contributed by atoms with Crippen molar-refractivity contribution in [3.05, 3.63) is 40.5 Å². The summed E-state index contributed by atoms with van der Waals surface area (Å²) in [6.45, 7) is 0. The first-order valence-corrected chi connectivity index (χ1v) is 5.45. The van der Waals surface area contributed by atoms with Gasteiger partial charge in [-0.3, -0.25) is 0 Å². The van der Waals surface area contributed by atoms with E-state index in [4.69, 9.17) is 11.6 Å². The molecule has 75 valence electrons. The number of benzene rings is 1. The molecule has 1 radical (unpaired) electrons. The number of rotatable bonds is 1. The van der Waals surface area contributed by atoms with Crippen molar-refractivity contribution in [2.24, 2.45) is 0 Å². The molecule has 0 aliphatic heterocycles. The zero-order chi connectivity index (χ0) is 9.97. The predicted molar refractivity (Wildman–Crippen MR) is 56.8 cm³/mol. The minimum absolute atomic E-state index is 0.172. The van der Waals surface area contributed by atoms with Crippen molar-refractivity contribution < 1.29 is 4.39 Å². The number of hydrogen-bond donors (Lipinski definition) is 0. The maximum absolute atomic E-state index is 13.5. The van der Waals surface area contributed by atoms with Crippen LogP contribution in [0.2, 0.25) is 5.02 Å². The van der Waals surface area contributed by atoms with Gasteiger partial charge < -0.3 is 0 Å². The molecule has 2 rings (SSSR count). The standard InChI is InChI=1S/C12H13ClF/c13-10-6-7-11(12(14)8-10)9-4-2-1-3-5-9/h6-8H,1-5H2. The van der Waals surface area contributed by atoms with Crippen LogP contribution < -0.4 is 0 Å². The van der Waals surface area contributed by atoms with E-state index in [0.29, 0.717) is 5.02 Å². The van der Waals surface area contributed by atoms with Gasteiger partial charge in [0, 0.05) is 10.9 Å². The summed E-state index contributed by atoms with van der Waals surface area (Å²) >= 11 is 5.71. The normalized spacial score (nSPS) is 18.4. The molecule has 1 saturated carbocycles. The van der Waals surface area contributed by atoms with Gasteiger partial charge in [-0.1, -0.05) is 36.9 Å². The highest BCUT2D eigenvalue weighted by Crippen LogP contribution is 2.33. The Bertz CT molecular complexity index is 316. The van der Waals surface area contributed by atoms with Crippen molar-refractivity contribution in [1.29, 1.82) is 0 Å². The predicted octanol–water partition coefficient (Wildman–Crippen LogP) is 4.37. The molecule has 0 bridgehead atoms. The third kappa shape index (κ3) is 2.09. The third-order valence-corrected chi connectivity index (χ3v) is 3.00. The minimum atomic E-state index is -0.172. The van der Waals surface area contributed by atoms with Crippen LogP contribution in [0.4, 0.5) is 4.39 Å². The zero-order valence-corrected chi connectivity index (χ0v) is 8.78. The summed E-state index contributed by atoms with van der Waals surface area (Å²) in [6, 6.07) is 4.97. The molecule has 1 fully saturated rings. The monoisotopic (exact) mass is 211 g/mol. The van der Waals surface area contributed by atoms with Gasteiger partial charge >= 0.3 is 0 Å². The van der Waals surface area contributed by atoms with Crippen LogP contribution in [0.25, 0.3) is 0 Å². The van der Waals surface area contributed by atoms with Crippen LogP contribution in [-0.2, 0) is 0 Å². The number of hydrogen-bond acceptors (Lipinski definition) is 0. The van der Waals surface area contributed by atoms with Gasteiger partial charge in [0.15, 0.2) is 0 Å². The van der Waals surface area contributed by atoms with Crippen LogP contribution in [0, 0.1) is 11.7 Å². The van der Waals surface area contributed by atoms with Gasteiger partial charge in [-0.2, -0.15) is 0 Å². The van der Waals surface area contributed by atoms with Gasteiger partial charge in [0.2, 0.25) is 0 Å². The fourth-order valence-corrected chi connectivity index (χ4v) is 2.18. The lowest BCUT2D eigenvalue weighted by Gasteiger charge is -2.21. The Morgan fingerprint density at radius 3 is 2.43 bits per heavy atom. The molecule has 1 aromatic rings. The van der Waals surface area contributed by atoms with Gasteiger partial charge in [0.25, 0.3) is 0 Å². The highest BCUT2D eigenvalue weighted by atomic mass is 35.5. The summed E-state index contributed by atoms with van der Waals surface area (Å²) in [5.74, 6) is 1.08. The second-order valence-electron chi connectivity index (χ2n) is 3.79. The summed E-state index contributed by atoms with van der Waals surface area (Å²) in [7, 11) is 0. The highest BCUT2D eigenvalue weighted by molar-refractivity contribution is 6.30. The molecule has 0 atom stereocenters. The van der Waals surface area contributed by atoms with E-state index >= 15 is 0 Å². The SMILES string of the molecule is Fc1cc(Cl)ccc1[C]1CCCCC1. The Balaban J connectivity index is 2.22. The van der Waals surface area contributed by atoms with Gasteiger partial charge in [-0.05, 0) is 30.5 Å². The molecule has 0 heterocycles. The molecule has 0 unspecified atom stereocenters. The topological polar surface area (TPSA) is 0 Å². The summed E-state index contributed by atoms with van der Waals surface area (Å²) < 4.78 is 13.5. The van der Waals surface area contributed by atoms with Crippen LogP contribution in [0.3, 0.4) is 0 Å². The molecule has 0 spiro atoms. The summed E-state index contributed by atoms with van der Waals surface area (Å²) in [6.07, 6.45) is 5.74. The Morgan fingerprint density at radius 2 is 1.79 bits per heavy atom. The smallest absolute Gasteiger partial charge is 0.128 e. The number of halogens is 2.